The van der Waals surface area contributed by atoms with Gasteiger partial charge in [-0.2, -0.15) is 0 Å². The summed E-state index contributed by atoms with van der Waals surface area (Å²) in [5.74, 6) is 0.747. The number of nitrogens with one attached hydrogen (secondary N) is 2. The van der Waals surface area contributed by atoms with E-state index in [1.165, 1.54) is 24.1 Å². The summed E-state index contributed by atoms with van der Waals surface area (Å²) in [4.78, 5) is 6.88. The molecule has 1 atom stereocenters. The van der Waals surface area contributed by atoms with Crippen LogP contribution < -0.4 is 20.3 Å². The molecule has 150 valence electrons. The highest BCUT2D eigenvalue weighted by atomic mass is 32.1. The smallest absolute Gasteiger partial charge is 0.171 e. The summed E-state index contributed by atoms with van der Waals surface area (Å²) >= 11 is 5.57. The fourth-order valence-corrected chi connectivity index (χ4v) is 4.09. The van der Waals surface area contributed by atoms with Crippen LogP contribution in [0, 0.1) is 0 Å². The number of rotatable bonds is 5. The number of hydrogen-bond acceptors (Lipinski definition) is 4. The molecule has 0 bridgehead atoms. The van der Waals surface area contributed by atoms with Crippen LogP contribution in [0.2, 0.25) is 0 Å². The molecule has 0 radical (unpaired) electrons. The lowest BCUT2D eigenvalue weighted by atomic mass is 10.1. The molecule has 0 amide bonds. The van der Waals surface area contributed by atoms with Crippen LogP contribution in [0.15, 0.2) is 54.7 Å². The number of methoxy groups -OCH3 is 1. The van der Waals surface area contributed by atoms with Crippen molar-refractivity contribution in [2.75, 3.05) is 30.4 Å². The van der Waals surface area contributed by atoms with Crippen molar-refractivity contribution in [3.05, 3.63) is 60.3 Å². The molecule has 29 heavy (non-hydrogen) atoms. The first-order valence-corrected chi connectivity index (χ1v) is 10.4. The van der Waals surface area contributed by atoms with Gasteiger partial charge in [0.1, 0.15) is 11.3 Å². The van der Waals surface area contributed by atoms with E-state index in [1.807, 2.05) is 24.3 Å². The summed E-state index contributed by atoms with van der Waals surface area (Å²) in [6, 6.07) is 16.7. The Hall–Kier alpha value is -2.86. The van der Waals surface area contributed by atoms with E-state index in [0.717, 1.165) is 35.4 Å². The van der Waals surface area contributed by atoms with Gasteiger partial charge in [-0.3, -0.25) is 4.98 Å². The molecule has 1 fully saturated rings. The van der Waals surface area contributed by atoms with Gasteiger partial charge < -0.3 is 20.3 Å². The lowest BCUT2D eigenvalue weighted by Gasteiger charge is -2.21. The van der Waals surface area contributed by atoms with Gasteiger partial charge in [0.15, 0.2) is 5.11 Å². The molecule has 0 aliphatic carbocycles. The Morgan fingerprint density at radius 2 is 1.86 bits per heavy atom. The highest BCUT2D eigenvalue weighted by molar-refractivity contribution is 7.80. The Balaban J connectivity index is 1.44. The number of nitrogens with zero attached hydrogens (tertiary/aromatic N) is 2. The van der Waals surface area contributed by atoms with E-state index in [1.54, 1.807) is 13.3 Å². The van der Waals surface area contributed by atoms with Crippen molar-refractivity contribution in [2.45, 2.75) is 25.8 Å². The van der Waals surface area contributed by atoms with Crippen LogP contribution in [0.1, 0.15) is 31.4 Å². The summed E-state index contributed by atoms with van der Waals surface area (Å²) in [7, 11) is 1.65. The molecule has 1 saturated heterocycles. The average molecular weight is 407 g/mol. The van der Waals surface area contributed by atoms with Crippen LogP contribution in [0.3, 0.4) is 0 Å². The topological polar surface area (TPSA) is 49.4 Å². The van der Waals surface area contributed by atoms with Crippen LogP contribution in [-0.4, -0.2) is 30.3 Å². The van der Waals surface area contributed by atoms with Crippen molar-refractivity contribution >= 4 is 39.6 Å². The van der Waals surface area contributed by atoms with Gasteiger partial charge in [0.25, 0.3) is 0 Å². The van der Waals surface area contributed by atoms with Crippen LogP contribution in [0.5, 0.6) is 5.75 Å². The van der Waals surface area contributed by atoms with Gasteiger partial charge in [-0.05, 0) is 73.9 Å². The Bertz CT molecular complexity index is 999. The summed E-state index contributed by atoms with van der Waals surface area (Å²) in [6.45, 7) is 4.43. The minimum Gasteiger partial charge on any atom is -0.494 e. The van der Waals surface area contributed by atoms with Crippen LogP contribution in [0.25, 0.3) is 10.9 Å². The molecule has 3 aromatic rings. The highest BCUT2D eigenvalue weighted by Gasteiger charge is 2.14. The Morgan fingerprint density at radius 3 is 2.59 bits per heavy atom. The Morgan fingerprint density at radius 1 is 1.10 bits per heavy atom. The summed E-state index contributed by atoms with van der Waals surface area (Å²) in [6.07, 6.45) is 4.34. The summed E-state index contributed by atoms with van der Waals surface area (Å²) in [5, 5.41) is 8.24. The van der Waals surface area contributed by atoms with Gasteiger partial charge in [-0.15, -0.1) is 0 Å². The van der Waals surface area contributed by atoms with E-state index < -0.39 is 0 Å². The summed E-state index contributed by atoms with van der Waals surface area (Å²) < 4.78 is 5.41. The maximum Gasteiger partial charge on any atom is 0.171 e. The number of thiocarbonyl (C=S) groups is 1. The first-order valence-electron chi connectivity index (χ1n) is 10.00. The molecule has 1 aromatic heterocycles. The van der Waals surface area contributed by atoms with E-state index in [2.05, 4.69) is 51.7 Å². The molecule has 1 aliphatic heterocycles. The van der Waals surface area contributed by atoms with Gasteiger partial charge in [-0.1, -0.05) is 12.1 Å². The number of ether oxygens (including phenoxy) is 1. The fraction of sp³-hybridized carbons (Fsp3) is 0.304. The van der Waals surface area contributed by atoms with E-state index >= 15 is 0 Å². The average Bonchev–Trinajstić information content (AvgIpc) is 3.29. The van der Waals surface area contributed by atoms with Gasteiger partial charge in [0.05, 0.1) is 13.2 Å². The zero-order chi connectivity index (χ0) is 20.2. The first-order chi connectivity index (χ1) is 14.2. The third kappa shape index (κ3) is 4.27. The molecule has 6 heteroatoms. The van der Waals surface area contributed by atoms with Gasteiger partial charge >= 0.3 is 0 Å². The van der Waals surface area contributed by atoms with Crippen molar-refractivity contribution in [1.29, 1.82) is 0 Å². The molecular weight excluding hydrogens is 380 g/mol. The zero-order valence-electron chi connectivity index (χ0n) is 16.8. The molecule has 2 heterocycles. The number of aromatic nitrogens is 1. The molecule has 0 unspecified atom stereocenters. The monoisotopic (exact) mass is 406 g/mol. The molecule has 2 aromatic carbocycles. The minimum absolute atomic E-state index is 0.102. The maximum atomic E-state index is 5.57. The lowest BCUT2D eigenvalue weighted by molar-refractivity contribution is 0.419. The van der Waals surface area contributed by atoms with E-state index in [0.29, 0.717) is 5.11 Å². The maximum absolute atomic E-state index is 5.57. The molecule has 0 saturated carbocycles. The first kappa shape index (κ1) is 19.5. The highest BCUT2D eigenvalue weighted by Crippen LogP contribution is 2.30. The molecule has 5 nitrogen and oxygen atoms in total. The quantitative estimate of drug-likeness (QED) is 0.588. The van der Waals surface area contributed by atoms with Gasteiger partial charge in [0.2, 0.25) is 0 Å². The molecule has 1 aliphatic rings. The minimum atomic E-state index is 0.102. The van der Waals surface area contributed by atoms with Crippen molar-refractivity contribution < 1.29 is 4.74 Å². The third-order valence-electron chi connectivity index (χ3n) is 5.41. The van der Waals surface area contributed by atoms with Crippen LogP contribution in [-0.2, 0) is 0 Å². The Labute approximate surface area is 177 Å². The number of hydrogen-bond donors (Lipinski definition) is 2. The van der Waals surface area contributed by atoms with Gasteiger partial charge in [0, 0.05) is 36.0 Å². The summed E-state index contributed by atoms with van der Waals surface area (Å²) in [5.41, 5.74) is 4.23. The largest absolute Gasteiger partial charge is 0.494 e. The number of benzene rings is 2. The Kier molecular flexibility index (Phi) is 5.81. The standard InChI is InChI=1S/C23H26N4OS/c1-16(17-7-9-18(10-8-17)27-14-3-4-15-27)25-23(29)26-20-11-12-21(28-2)22-19(20)6-5-13-24-22/h5-13,16H,3-4,14-15H2,1-2H3,(H2,25,26,29)/t16-/m0/s1. The second kappa shape index (κ2) is 8.66. The van der Waals surface area contributed by atoms with E-state index in [4.69, 9.17) is 17.0 Å². The van der Waals surface area contributed by atoms with Crippen molar-refractivity contribution in [3.8, 4) is 5.75 Å². The van der Waals surface area contributed by atoms with Crippen LogP contribution >= 0.6 is 12.2 Å². The fourth-order valence-electron chi connectivity index (χ4n) is 3.81. The van der Waals surface area contributed by atoms with Gasteiger partial charge in [-0.25, -0.2) is 0 Å². The van der Waals surface area contributed by atoms with Crippen LogP contribution in [0.4, 0.5) is 11.4 Å². The molecule has 0 spiro atoms. The lowest BCUT2D eigenvalue weighted by Crippen LogP contribution is -2.31. The number of pyridine rings is 1. The molecule has 4 rings (SSSR count). The molecular formula is C23H26N4OS. The van der Waals surface area contributed by atoms with E-state index in [9.17, 15) is 0 Å². The second-order valence-corrected chi connectivity index (χ2v) is 7.73. The second-order valence-electron chi connectivity index (χ2n) is 7.32. The van der Waals surface area contributed by atoms with E-state index in [-0.39, 0.29) is 6.04 Å². The van der Waals surface area contributed by atoms with Crippen molar-refractivity contribution in [3.63, 3.8) is 0 Å². The SMILES string of the molecule is COc1ccc(NC(=S)N[C@@H](C)c2ccc(N3CCCC3)cc2)c2cccnc12. The number of anilines is 2. The van der Waals surface area contributed by atoms with Crippen molar-refractivity contribution in [2.24, 2.45) is 0 Å². The van der Waals surface area contributed by atoms with Crippen molar-refractivity contribution in [1.82, 2.24) is 10.3 Å². The number of fused-ring (bicyclic) bond motifs is 1. The predicted octanol–water partition coefficient (Wildman–Crippen LogP) is 4.89. The third-order valence-corrected chi connectivity index (χ3v) is 5.63. The molecule has 2 N–H and O–H groups in total. The normalized spacial score (nSPS) is 14.6. The predicted molar refractivity (Wildman–Crippen MR) is 124 cm³/mol. The zero-order valence-corrected chi connectivity index (χ0v) is 17.6.